The van der Waals surface area contributed by atoms with Gasteiger partial charge < -0.3 is 10.4 Å². The largest absolute Gasteiger partial charge is 0.733 e. The second-order valence-electron chi connectivity index (χ2n) is 3.53. The zero-order chi connectivity index (χ0) is 15.3. The van der Waals surface area contributed by atoms with E-state index in [0.29, 0.717) is 3.71 Å². The first kappa shape index (κ1) is 16.0. The Kier molecular flexibility index (Phi) is 4.06. The highest BCUT2D eigenvalue weighted by atomic mass is 35.6. The van der Waals surface area contributed by atoms with Gasteiger partial charge in [-0.05, 0) is 18.2 Å². The molecule has 0 saturated carbocycles. The number of nitrogens with zero attached hydrogens (tertiary/aromatic N) is 2. The molecule has 0 atom stereocenters. The van der Waals surface area contributed by atoms with Crippen molar-refractivity contribution in [3.63, 3.8) is 0 Å². The van der Waals surface area contributed by atoms with Crippen LogP contribution in [0.3, 0.4) is 0 Å². The first-order valence-electron chi connectivity index (χ1n) is 4.70. The minimum absolute atomic E-state index is 0.183. The SMILES string of the molecule is O=C1c2ccc(N([O-])O)cc2S(=O)(=O)N1SC(Cl)(Cl)Cl. The number of halogens is 3. The lowest BCUT2D eigenvalue weighted by molar-refractivity contribution is 0.0934. The highest BCUT2D eigenvalue weighted by Crippen LogP contribution is 2.47. The predicted octanol–water partition coefficient (Wildman–Crippen LogP) is 2.50. The van der Waals surface area contributed by atoms with Gasteiger partial charge in [-0.1, -0.05) is 34.8 Å². The third kappa shape index (κ3) is 2.80. The summed E-state index contributed by atoms with van der Waals surface area (Å²) in [6.07, 6.45) is 0. The molecule has 12 heteroatoms. The van der Waals surface area contributed by atoms with Crippen LogP contribution in [0, 0.1) is 5.21 Å². The summed E-state index contributed by atoms with van der Waals surface area (Å²) in [5.74, 6) is -0.904. The number of alkyl halides is 3. The number of sulfonamides is 1. The van der Waals surface area contributed by atoms with E-state index in [4.69, 9.17) is 40.0 Å². The highest BCUT2D eigenvalue weighted by Gasteiger charge is 2.45. The van der Waals surface area contributed by atoms with Crippen molar-refractivity contribution >= 4 is 68.4 Å². The van der Waals surface area contributed by atoms with Gasteiger partial charge in [0.05, 0.1) is 11.3 Å². The fraction of sp³-hybridized carbons (Fsp3) is 0.125. The molecule has 0 unspecified atom stereocenters. The maximum Gasteiger partial charge on any atom is 0.279 e. The maximum absolute atomic E-state index is 12.2. The maximum atomic E-state index is 12.2. The normalized spacial score (nSPS) is 17.2. The van der Waals surface area contributed by atoms with Crippen molar-refractivity contribution in [2.75, 3.05) is 5.23 Å². The van der Waals surface area contributed by atoms with Crippen molar-refractivity contribution in [3.8, 4) is 0 Å². The molecule has 0 radical (unpaired) electrons. The second kappa shape index (κ2) is 5.09. The standard InChI is InChI=1S/C8H4Cl3N2O5S2/c9-8(10,11)19-13-7(14)5-2-1-4(12(15)16)3-6(5)20(13,17)18/h1-3,15H/q-1. The Labute approximate surface area is 132 Å². The number of carbonyl (C=O) groups is 1. The Balaban J connectivity index is 2.54. The van der Waals surface area contributed by atoms with Crippen LogP contribution in [0.25, 0.3) is 0 Å². The van der Waals surface area contributed by atoms with Gasteiger partial charge in [-0.25, -0.2) is 8.42 Å². The molecule has 1 amide bonds. The van der Waals surface area contributed by atoms with Crippen molar-refractivity contribution in [1.82, 2.24) is 3.71 Å². The van der Waals surface area contributed by atoms with Crippen LogP contribution in [-0.4, -0.2) is 26.4 Å². The number of hydrogen-bond donors (Lipinski definition) is 1. The highest BCUT2D eigenvalue weighted by molar-refractivity contribution is 8.12. The van der Waals surface area contributed by atoms with E-state index in [0.717, 1.165) is 18.2 Å². The molecule has 0 aromatic heterocycles. The molecule has 1 aliphatic rings. The van der Waals surface area contributed by atoms with E-state index >= 15 is 0 Å². The number of amides is 1. The molecule has 110 valence electrons. The van der Waals surface area contributed by atoms with Crippen LogP contribution in [0.4, 0.5) is 5.69 Å². The first-order chi connectivity index (χ1) is 9.04. The first-order valence-corrected chi connectivity index (χ1v) is 8.04. The molecular weight excluding hydrogens is 375 g/mol. The molecule has 0 bridgehead atoms. The monoisotopic (exact) mass is 377 g/mol. The average Bonchev–Trinajstić information content (AvgIpc) is 2.49. The Hall–Kier alpha value is -0.420. The van der Waals surface area contributed by atoms with Crippen molar-refractivity contribution in [2.45, 2.75) is 8.02 Å². The summed E-state index contributed by atoms with van der Waals surface area (Å²) in [7, 11) is -4.27. The summed E-state index contributed by atoms with van der Waals surface area (Å²) >= 11 is 16.6. The van der Waals surface area contributed by atoms with E-state index in [1.807, 2.05) is 0 Å². The van der Waals surface area contributed by atoms with Crippen molar-refractivity contribution in [1.29, 1.82) is 0 Å². The predicted molar refractivity (Wildman–Crippen MR) is 75.3 cm³/mol. The van der Waals surface area contributed by atoms with Crippen LogP contribution in [-0.2, 0) is 10.0 Å². The summed E-state index contributed by atoms with van der Waals surface area (Å²) in [4.78, 5) is 11.5. The van der Waals surface area contributed by atoms with Crippen LogP contribution in [0.5, 0.6) is 0 Å². The molecule has 1 heterocycles. The average molecular weight is 379 g/mol. The van der Waals surface area contributed by atoms with Crippen LogP contribution in [0.2, 0.25) is 0 Å². The number of rotatable bonds is 2. The van der Waals surface area contributed by atoms with Crippen molar-refractivity contribution < 1.29 is 18.4 Å². The molecule has 1 aromatic rings. The van der Waals surface area contributed by atoms with Crippen LogP contribution < -0.4 is 5.23 Å². The summed E-state index contributed by atoms with van der Waals surface area (Å²) in [6, 6.07) is 3.03. The fourth-order valence-electron chi connectivity index (χ4n) is 1.50. The molecule has 7 nitrogen and oxygen atoms in total. The quantitative estimate of drug-likeness (QED) is 0.479. The van der Waals surface area contributed by atoms with E-state index in [1.54, 1.807) is 0 Å². The molecular formula is C8H4Cl3N2O5S2-. The molecule has 0 aliphatic carbocycles. The number of anilines is 1. The summed E-state index contributed by atoms with van der Waals surface area (Å²) in [5, 5.41) is 19.0. The Morgan fingerprint density at radius 2 is 1.95 bits per heavy atom. The Bertz CT molecular complexity index is 673. The van der Waals surface area contributed by atoms with Gasteiger partial charge in [-0.15, -0.1) is 0 Å². The second-order valence-corrected chi connectivity index (χ2v) is 9.63. The van der Waals surface area contributed by atoms with Crippen molar-refractivity contribution in [2.24, 2.45) is 0 Å². The molecule has 0 spiro atoms. The fourth-order valence-corrected chi connectivity index (χ4v) is 5.03. The van der Waals surface area contributed by atoms with E-state index in [-0.39, 0.29) is 23.2 Å². The zero-order valence-electron chi connectivity index (χ0n) is 9.16. The minimum atomic E-state index is -4.27. The molecule has 2 rings (SSSR count). The molecule has 0 saturated heterocycles. The van der Waals surface area contributed by atoms with Crippen LogP contribution >= 0.6 is 46.8 Å². The van der Waals surface area contributed by atoms with Crippen LogP contribution in [0.15, 0.2) is 23.1 Å². The third-order valence-electron chi connectivity index (χ3n) is 2.26. The number of carbonyl (C=O) groups excluding carboxylic acids is 1. The van der Waals surface area contributed by atoms with E-state index in [9.17, 15) is 18.4 Å². The van der Waals surface area contributed by atoms with E-state index in [2.05, 4.69) is 0 Å². The summed E-state index contributed by atoms with van der Waals surface area (Å²) in [5.41, 5.74) is -0.529. The molecule has 20 heavy (non-hydrogen) atoms. The van der Waals surface area contributed by atoms with Gasteiger partial charge in [-0.3, -0.25) is 10.0 Å². The lowest BCUT2D eigenvalue weighted by Crippen LogP contribution is -2.25. The van der Waals surface area contributed by atoms with Crippen LogP contribution in [0.1, 0.15) is 10.4 Å². The Morgan fingerprint density at radius 3 is 2.45 bits per heavy atom. The van der Waals surface area contributed by atoms with Gasteiger partial charge in [0.2, 0.25) is 0 Å². The lowest BCUT2D eigenvalue weighted by atomic mass is 10.2. The zero-order valence-corrected chi connectivity index (χ0v) is 13.1. The third-order valence-corrected chi connectivity index (χ3v) is 5.73. The molecule has 1 aliphatic heterocycles. The van der Waals surface area contributed by atoms with Gasteiger partial charge in [0.1, 0.15) is 4.90 Å². The number of hydrogen-bond acceptors (Lipinski definition) is 7. The van der Waals surface area contributed by atoms with E-state index in [1.165, 1.54) is 0 Å². The van der Waals surface area contributed by atoms with Gasteiger partial charge in [0.25, 0.3) is 19.1 Å². The lowest BCUT2D eigenvalue weighted by Gasteiger charge is -2.21. The summed E-state index contributed by atoms with van der Waals surface area (Å²) < 4.78 is 22.6. The smallest absolute Gasteiger partial charge is 0.279 e. The minimum Gasteiger partial charge on any atom is -0.733 e. The Morgan fingerprint density at radius 1 is 1.35 bits per heavy atom. The van der Waals surface area contributed by atoms with Crippen molar-refractivity contribution in [3.05, 3.63) is 29.0 Å². The van der Waals surface area contributed by atoms with Gasteiger partial charge in [0.15, 0.2) is 0 Å². The molecule has 0 fully saturated rings. The molecule has 1 N–H and O–H groups in total. The topological polar surface area (TPSA) is 101 Å². The number of benzene rings is 1. The van der Waals surface area contributed by atoms with Gasteiger partial charge in [0, 0.05) is 11.9 Å². The van der Waals surface area contributed by atoms with Gasteiger partial charge in [-0.2, -0.15) is 3.71 Å². The summed E-state index contributed by atoms with van der Waals surface area (Å²) in [6.45, 7) is 0. The van der Waals surface area contributed by atoms with E-state index < -0.39 is 29.2 Å². The van der Waals surface area contributed by atoms with Gasteiger partial charge >= 0.3 is 0 Å². The number of fused-ring (bicyclic) bond motifs is 1. The molecule has 1 aromatic carbocycles.